The molecule has 0 aromatic carbocycles. The Labute approximate surface area is 128 Å². The Morgan fingerprint density at radius 3 is 2.65 bits per heavy atom. The Hall–Kier alpha value is -0.930. The average Bonchev–Trinajstić information content (AvgIpc) is 2.37. The van der Waals surface area contributed by atoms with E-state index < -0.39 is 10.0 Å². The zero-order chi connectivity index (χ0) is 15.0. The third kappa shape index (κ3) is 7.01. The SMILES string of the molecule is CCCNc1ncc(Br)c(NCCCNS(C)(=O)=O)n1. The van der Waals surface area contributed by atoms with E-state index in [0.29, 0.717) is 31.3 Å². The highest BCUT2D eigenvalue weighted by Crippen LogP contribution is 2.19. The number of hydrogen-bond acceptors (Lipinski definition) is 6. The second-order valence-electron chi connectivity index (χ2n) is 4.26. The molecule has 0 aliphatic rings. The number of rotatable bonds is 9. The van der Waals surface area contributed by atoms with E-state index in [1.54, 1.807) is 6.20 Å². The summed E-state index contributed by atoms with van der Waals surface area (Å²) in [5.41, 5.74) is 0. The summed E-state index contributed by atoms with van der Waals surface area (Å²) in [4.78, 5) is 8.49. The van der Waals surface area contributed by atoms with E-state index >= 15 is 0 Å². The normalized spacial score (nSPS) is 11.3. The van der Waals surface area contributed by atoms with Crippen molar-refractivity contribution in [2.24, 2.45) is 0 Å². The van der Waals surface area contributed by atoms with E-state index in [-0.39, 0.29) is 0 Å². The van der Waals surface area contributed by atoms with Crippen molar-refractivity contribution in [3.05, 3.63) is 10.7 Å². The van der Waals surface area contributed by atoms with Crippen molar-refractivity contribution in [3.8, 4) is 0 Å². The molecule has 0 amide bonds. The second kappa shape index (κ2) is 8.38. The van der Waals surface area contributed by atoms with Gasteiger partial charge in [-0.3, -0.25) is 0 Å². The lowest BCUT2D eigenvalue weighted by molar-refractivity contribution is 0.586. The smallest absolute Gasteiger partial charge is 0.224 e. The quantitative estimate of drug-likeness (QED) is 0.572. The lowest BCUT2D eigenvalue weighted by Crippen LogP contribution is -2.24. The Kier molecular flexibility index (Phi) is 7.17. The molecule has 0 atom stereocenters. The highest BCUT2D eigenvalue weighted by molar-refractivity contribution is 9.10. The third-order valence-corrected chi connectivity index (χ3v) is 3.60. The van der Waals surface area contributed by atoms with Gasteiger partial charge >= 0.3 is 0 Å². The summed E-state index contributed by atoms with van der Waals surface area (Å²) in [6, 6.07) is 0. The Bertz CT molecular complexity index is 524. The molecule has 0 aliphatic carbocycles. The van der Waals surface area contributed by atoms with Gasteiger partial charge in [0.25, 0.3) is 0 Å². The average molecular weight is 366 g/mol. The van der Waals surface area contributed by atoms with Crippen LogP contribution in [-0.2, 0) is 10.0 Å². The van der Waals surface area contributed by atoms with Gasteiger partial charge in [0.15, 0.2) is 0 Å². The Morgan fingerprint density at radius 2 is 2.00 bits per heavy atom. The van der Waals surface area contributed by atoms with Crippen LogP contribution in [0.3, 0.4) is 0 Å². The fourth-order valence-corrected chi connectivity index (χ4v) is 2.21. The topological polar surface area (TPSA) is 96.0 Å². The van der Waals surface area contributed by atoms with Crippen LogP contribution in [0.4, 0.5) is 11.8 Å². The molecule has 114 valence electrons. The lowest BCUT2D eigenvalue weighted by atomic mass is 10.4. The number of nitrogens with one attached hydrogen (secondary N) is 3. The van der Waals surface area contributed by atoms with Crippen LogP contribution in [0.15, 0.2) is 10.7 Å². The molecular formula is C11H20BrN5O2S. The molecule has 0 saturated carbocycles. The number of halogens is 1. The van der Waals surface area contributed by atoms with Crippen LogP contribution in [0.25, 0.3) is 0 Å². The molecule has 0 aliphatic heterocycles. The minimum absolute atomic E-state index is 0.398. The van der Waals surface area contributed by atoms with Crippen LogP contribution in [0.2, 0.25) is 0 Å². The van der Waals surface area contributed by atoms with Crippen LogP contribution >= 0.6 is 15.9 Å². The van der Waals surface area contributed by atoms with Crippen molar-refractivity contribution < 1.29 is 8.42 Å². The largest absolute Gasteiger partial charge is 0.369 e. The van der Waals surface area contributed by atoms with Crippen LogP contribution in [0, 0.1) is 0 Å². The summed E-state index contributed by atoms with van der Waals surface area (Å²) in [6.45, 7) is 3.90. The molecule has 0 radical (unpaired) electrons. The predicted molar refractivity (Wildman–Crippen MR) is 84.5 cm³/mol. The van der Waals surface area contributed by atoms with Gasteiger partial charge in [-0.25, -0.2) is 18.1 Å². The van der Waals surface area contributed by atoms with Gasteiger partial charge in [-0.05, 0) is 28.8 Å². The molecule has 0 unspecified atom stereocenters. The third-order valence-electron chi connectivity index (χ3n) is 2.29. The first-order valence-electron chi connectivity index (χ1n) is 6.37. The van der Waals surface area contributed by atoms with Crippen molar-refractivity contribution in [1.29, 1.82) is 0 Å². The van der Waals surface area contributed by atoms with Gasteiger partial charge in [0.1, 0.15) is 5.82 Å². The van der Waals surface area contributed by atoms with E-state index in [9.17, 15) is 8.42 Å². The molecule has 9 heteroatoms. The summed E-state index contributed by atoms with van der Waals surface area (Å²) in [5.74, 6) is 1.27. The maximum absolute atomic E-state index is 10.9. The monoisotopic (exact) mass is 365 g/mol. The summed E-state index contributed by atoms with van der Waals surface area (Å²) in [6.07, 6.45) is 4.50. The minimum Gasteiger partial charge on any atom is -0.369 e. The van der Waals surface area contributed by atoms with Crippen molar-refractivity contribution in [2.75, 3.05) is 36.5 Å². The first kappa shape index (κ1) is 17.1. The fraction of sp³-hybridized carbons (Fsp3) is 0.636. The standard InChI is InChI=1S/C11H20BrN5O2S/c1-3-5-14-11-15-8-9(12)10(17-11)13-6-4-7-16-20(2,18)19/h8,16H,3-7H2,1-2H3,(H2,13,14,15,17). The number of sulfonamides is 1. The van der Waals surface area contributed by atoms with Gasteiger partial charge in [0.05, 0.1) is 10.7 Å². The van der Waals surface area contributed by atoms with Crippen molar-refractivity contribution in [1.82, 2.24) is 14.7 Å². The van der Waals surface area contributed by atoms with Crippen molar-refractivity contribution >= 4 is 37.7 Å². The van der Waals surface area contributed by atoms with E-state index in [4.69, 9.17) is 0 Å². The molecular weight excluding hydrogens is 346 g/mol. The number of anilines is 2. The van der Waals surface area contributed by atoms with Gasteiger partial charge in [-0.1, -0.05) is 6.92 Å². The van der Waals surface area contributed by atoms with E-state index in [0.717, 1.165) is 23.7 Å². The predicted octanol–water partition coefficient (Wildman–Crippen LogP) is 1.41. The molecule has 20 heavy (non-hydrogen) atoms. The van der Waals surface area contributed by atoms with Gasteiger partial charge in [-0.15, -0.1) is 0 Å². The number of nitrogens with zero attached hydrogens (tertiary/aromatic N) is 2. The molecule has 1 aromatic rings. The maximum atomic E-state index is 10.9. The first-order chi connectivity index (χ1) is 9.42. The maximum Gasteiger partial charge on any atom is 0.224 e. The van der Waals surface area contributed by atoms with Crippen LogP contribution < -0.4 is 15.4 Å². The van der Waals surface area contributed by atoms with Gasteiger partial charge < -0.3 is 10.6 Å². The summed E-state index contributed by atoms with van der Waals surface area (Å²) >= 11 is 3.37. The molecule has 0 spiro atoms. The molecule has 1 rings (SSSR count). The van der Waals surface area contributed by atoms with E-state index in [1.807, 2.05) is 0 Å². The van der Waals surface area contributed by atoms with Gasteiger partial charge in [0.2, 0.25) is 16.0 Å². The molecule has 1 aromatic heterocycles. The van der Waals surface area contributed by atoms with Gasteiger partial charge in [0, 0.05) is 25.8 Å². The minimum atomic E-state index is -3.12. The summed E-state index contributed by atoms with van der Waals surface area (Å²) in [7, 11) is -3.12. The molecule has 1 heterocycles. The van der Waals surface area contributed by atoms with Crippen molar-refractivity contribution in [3.63, 3.8) is 0 Å². The van der Waals surface area contributed by atoms with Crippen LogP contribution in [-0.4, -0.2) is 44.3 Å². The first-order valence-corrected chi connectivity index (χ1v) is 9.05. The fourth-order valence-electron chi connectivity index (χ4n) is 1.37. The zero-order valence-corrected chi connectivity index (χ0v) is 14.0. The zero-order valence-electron chi connectivity index (χ0n) is 11.6. The molecule has 0 bridgehead atoms. The van der Waals surface area contributed by atoms with Crippen LogP contribution in [0.1, 0.15) is 19.8 Å². The Balaban J connectivity index is 2.42. The van der Waals surface area contributed by atoms with Crippen molar-refractivity contribution in [2.45, 2.75) is 19.8 Å². The molecule has 0 saturated heterocycles. The van der Waals surface area contributed by atoms with Gasteiger partial charge in [-0.2, -0.15) is 4.98 Å². The molecule has 0 fully saturated rings. The second-order valence-corrected chi connectivity index (χ2v) is 6.95. The highest BCUT2D eigenvalue weighted by Gasteiger charge is 2.04. The van der Waals surface area contributed by atoms with E-state index in [2.05, 4.69) is 48.2 Å². The highest BCUT2D eigenvalue weighted by atomic mass is 79.9. The molecule has 3 N–H and O–H groups in total. The summed E-state index contributed by atoms with van der Waals surface area (Å²) < 4.78 is 25.0. The summed E-state index contributed by atoms with van der Waals surface area (Å²) in [5, 5.41) is 6.25. The lowest BCUT2D eigenvalue weighted by Gasteiger charge is -2.09. The molecule has 7 nitrogen and oxygen atoms in total. The van der Waals surface area contributed by atoms with Crippen LogP contribution in [0.5, 0.6) is 0 Å². The Morgan fingerprint density at radius 1 is 1.25 bits per heavy atom. The number of hydrogen-bond donors (Lipinski definition) is 3. The van der Waals surface area contributed by atoms with E-state index in [1.165, 1.54) is 0 Å². The number of aromatic nitrogens is 2.